The van der Waals surface area contributed by atoms with Crippen molar-refractivity contribution in [2.75, 3.05) is 0 Å². The van der Waals surface area contributed by atoms with Gasteiger partial charge in [-0.05, 0) is 67.8 Å². The van der Waals surface area contributed by atoms with Crippen molar-refractivity contribution in [3.8, 4) is 33.4 Å². The van der Waals surface area contributed by atoms with Gasteiger partial charge in [0.15, 0.2) is 0 Å². The minimum Gasteiger partial charge on any atom is -0.0619 e. The lowest BCUT2D eigenvalue weighted by molar-refractivity contribution is 1.26. The van der Waals surface area contributed by atoms with Crippen LogP contribution in [-0.2, 0) is 6.42 Å². The molecule has 5 aromatic carbocycles. The molecule has 0 fully saturated rings. The average molecular weight is 368 g/mol. The molecule has 0 unspecified atom stereocenters. The van der Waals surface area contributed by atoms with Gasteiger partial charge in [0.2, 0.25) is 0 Å². The van der Waals surface area contributed by atoms with E-state index in [2.05, 4.69) is 109 Å². The first kappa shape index (κ1) is 16.3. The third-order valence-corrected chi connectivity index (χ3v) is 6.13. The fraction of sp³-hybridized carbons (Fsp3) is 0.0345. The zero-order chi connectivity index (χ0) is 19.2. The fourth-order valence-electron chi connectivity index (χ4n) is 4.64. The van der Waals surface area contributed by atoms with E-state index in [9.17, 15) is 0 Å². The Hall–Kier alpha value is -3.64. The Kier molecular flexibility index (Phi) is 3.64. The molecule has 1 aliphatic carbocycles. The summed E-state index contributed by atoms with van der Waals surface area (Å²) in [5, 5.41) is 2.57. The molecule has 0 saturated carbocycles. The third kappa shape index (κ3) is 2.68. The number of hydrogen-bond acceptors (Lipinski definition) is 0. The van der Waals surface area contributed by atoms with Gasteiger partial charge in [0.1, 0.15) is 0 Å². The second-order valence-electron chi connectivity index (χ2n) is 7.80. The first-order valence-electron chi connectivity index (χ1n) is 10.2. The molecular weight excluding hydrogens is 348 g/mol. The Labute approximate surface area is 171 Å². The highest BCUT2D eigenvalue weighted by atomic mass is 14.2. The van der Waals surface area contributed by atoms with Crippen LogP contribution in [0, 0.1) is 0 Å². The minimum atomic E-state index is 1.02. The third-order valence-electron chi connectivity index (χ3n) is 6.13. The highest BCUT2D eigenvalue weighted by Crippen LogP contribution is 2.41. The van der Waals surface area contributed by atoms with E-state index in [4.69, 9.17) is 0 Å². The molecule has 0 nitrogen and oxygen atoms in total. The summed E-state index contributed by atoms with van der Waals surface area (Å²) in [6.07, 6.45) is 1.02. The molecule has 0 N–H and O–H groups in total. The Bertz CT molecular complexity index is 1360. The van der Waals surface area contributed by atoms with E-state index in [1.165, 1.54) is 55.3 Å². The predicted octanol–water partition coefficient (Wildman–Crippen LogP) is 7.75. The number of benzene rings is 5. The molecule has 0 aromatic heterocycles. The van der Waals surface area contributed by atoms with Crippen molar-refractivity contribution in [2.45, 2.75) is 6.42 Å². The number of hydrogen-bond donors (Lipinski definition) is 0. The van der Waals surface area contributed by atoms with Gasteiger partial charge in [0, 0.05) is 0 Å². The van der Waals surface area contributed by atoms with Crippen LogP contribution >= 0.6 is 0 Å². The van der Waals surface area contributed by atoms with Crippen molar-refractivity contribution >= 4 is 10.8 Å². The zero-order valence-electron chi connectivity index (χ0n) is 16.1. The van der Waals surface area contributed by atoms with E-state index in [-0.39, 0.29) is 0 Å². The lowest BCUT2D eigenvalue weighted by Crippen LogP contribution is -1.88. The molecule has 0 atom stereocenters. The van der Waals surface area contributed by atoms with Crippen LogP contribution in [0.3, 0.4) is 0 Å². The van der Waals surface area contributed by atoms with E-state index < -0.39 is 0 Å². The number of fused-ring (bicyclic) bond motifs is 4. The van der Waals surface area contributed by atoms with Crippen molar-refractivity contribution in [1.82, 2.24) is 0 Å². The van der Waals surface area contributed by atoms with E-state index in [0.717, 1.165) is 6.42 Å². The van der Waals surface area contributed by atoms with E-state index in [1.807, 2.05) is 0 Å². The number of rotatable bonds is 2. The van der Waals surface area contributed by atoms with Gasteiger partial charge in [-0.2, -0.15) is 0 Å². The normalized spacial score (nSPS) is 12.0. The van der Waals surface area contributed by atoms with Crippen molar-refractivity contribution in [3.63, 3.8) is 0 Å². The lowest BCUT2D eigenvalue weighted by atomic mass is 9.94. The van der Waals surface area contributed by atoms with Crippen molar-refractivity contribution < 1.29 is 0 Å². The minimum absolute atomic E-state index is 1.02. The summed E-state index contributed by atoms with van der Waals surface area (Å²) in [5.41, 5.74) is 10.8. The molecule has 0 amide bonds. The lowest BCUT2D eigenvalue weighted by Gasteiger charge is -2.10. The van der Waals surface area contributed by atoms with Crippen LogP contribution in [0.25, 0.3) is 44.2 Å². The highest BCUT2D eigenvalue weighted by Gasteiger charge is 2.20. The fourth-order valence-corrected chi connectivity index (χ4v) is 4.64. The van der Waals surface area contributed by atoms with Crippen LogP contribution in [0.1, 0.15) is 11.1 Å². The Morgan fingerprint density at radius 2 is 1.07 bits per heavy atom. The smallest absolute Gasteiger partial charge is 0.000729 e. The molecular formula is C29H20. The molecule has 6 rings (SSSR count). The van der Waals surface area contributed by atoms with E-state index >= 15 is 0 Å². The Morgan fingerprint density at radius 3 is 1.97 bits per heavy atom. The summed E-state index contributed by atoms with van der Waals surface area (Å²) in [6, 6.07) is 39.8. The quantitative estimate of drug-likeness (QED) is 0.293. The molecule has 5 aromatic rings. The molecule has 0 heteroatoms. The van der Waals surface area contributed by atoms with Crippen molar-refractivity contribution in [3.05, 3.63) is 120 Å². The maximum atomic E-state index is 2.28. The molecule has 0 spiro atoms. The van der Waals surface area contributed by atoms with E-state index in [0.29, 0.717) is 0 Å². The molecule has 0 radical (unpaired) electrons. The maximum Gasteiger partial charge on any atom is -0.000729 e. The van der Waals surface area contributed by atoms with Crippen LogP contribution in [0.2, 0.25) is 0 Å². The first-order valence-corrected chi connectivity index (χ1v) is 10.2. The molecule has 0 bridgehead atoms. The summed E-state index contributed by atoms with van der Waals surface area (Å²) < 4.78 is 0. The molecule has 1 aliphatic rings. The predicted molar refractivity (Wildman–Crippen MR) is 123 cm³/mol. The van der Waals surface area contributed by atoms with Gasteiger partial charge < -0.3 is 0 Å². The molecule has 0 aliphatic heterocycles. The van der Waals surface area contributed by atoms with Gasteiger partial charge in [-0.3, -0.25) is 0 Å². The molecule has 0 heterocycles. The molecule has 0 saturated heterocycles. The summed E-state index contributed by atoms with van der Waals surface area (Å²) >= 11 is 0. The zero-order valence-corrected chi connectivity index (χ0v) is 16.1. The monoisotopic (exact) mass is 368 g/mol. The van der Waals surface area contributed by atoms with Crippen LogP contribution in [-0.4, -0.2) is 0 Å². The summed E-state index contributed by atoms with van der Waals surface area (Å²) in [5.74, 6) is 0. The highest BCUT2D eigenvalue weighted by molar-refractivity contribution is 5.88. The maximum absolute atomic E-state index is 2.28. The van der Waals surface area contributed by atoms with Gasteiger partial charge in [-0.25, -0.2) is 0 Å². The standard InChI is InChI=1S/C29H20/c1-2-7-23-18-24(17-14-20(23)6-1)21-12-15-22(16-13-21)26-10-5-11-28-27-9-4-3-8-25(27)19-29(26)28/h1-18H,19H2. The van der Waals surface area contributed by atoms with E-state index in [1.54, 1.807) is 0 Å². The summed E-state index contributed by atoms with van der Waals surface area (Å²) in [6.45, 7) is 0. The molecule has 136 valence electrons. The second kappa shape index (κ2) is 6.46. The van der Waals surface area contributed by atoms with Gasteiger partial charge in [0.25, 0.3) is 0 Å². The SMILES string of the molecule is c1ccc2c(c1)Cc1c(-c3ccc(-c4ccc5ccccc5c4)cc3)cccc1-2. The summed E-state index contributed by atoms with van der Waals surface area (Å²) in [4.78, 5) is 0. The largest absolute Gasteiger partial charge is 0.0619 e. The van der Waals surface area contributed by atoms with Crippen LogP contribution in [0.5, 0.6) is 0 Å². The van der Waals surface area contributed by atoms with Crippen molar-refractivity contribution in [2.24, 2.45) is 0 Å². The van der Waals surface area contributed by atoms with Gasteiger partial charge in [0.05, 0.1) is 0 Å². The van der Waals surface area contributed by atoms with Gasteiger partial charge in [-0.15, -0.1) is 0 Å². The second-order valence-corrected chi connectivity index (χ2v) is 7.80. The average Bonchev–Trinajstić information content (AvgIpc) is 3.18. The topological polar surface area (TPSA) is 0 Å². The van der Waals surface area contributed by atoms with Crippen LogP contribution in [0.15, 0.2) is 109 Å². The van der Waals surface area contributed by atoms with Crippen LogP contribution in [0.4, 0.5) is 0 Å². The van der Waals surface area contributed by atoms with Crippen LogP contribution < -0.4 is 0 Å². The van der Waals surface area contributed by atoms with Gasteiger partial charge >= 0.3 is 0 Å². The van der Waals surface area contributed by atoms with Crippen molar-refractivity contribution in [1.29, 1.82) is 0 Å². The Balaban J connectivity index is 1.40. The summed E-state index contributed by atoms with van der Waals surface area (Å²) in [7, 11) is 0. The first-order chi connectivity index (χ1) is 14.4. The Morgan fingerprint density at radius 1 is 0.414 bits per heavy atom. The molecule has 29 heavy (non-hydrogen) atoms. The van der Waals surface area contributed by atoms with Gasteiger partial charge in [-0.1, -0.05) is 103 Å².